The molecule has 0 bridgehead atoms. The maximum atomic E-state index is 12.4. The molecule has 0 aliphatic heterocycles. The van der Waals surface area contributed by atoms with Crippen LogP contribution < -0.4 is 5.32 Å². The Labute approximate surface area is 157 Å². The van der Waals surface area contributed by atoms with E-state index in [9.17, 15) is 4.79 Å². The van der Waals surface area contributed by atoms with E-state index in [-0.39, 0.29) is 11.9 Å². The molecule has 1 N–H and O–H groups in total. The maximum absolute atomic E-state index is 12.4. The molecule has 1 unspecified atom stereocenters. The number of hydrogen-bond donors (Lipinski definition) is 1. The molecule has 1 aromatic carbocycles. The Hall–Kier alpha value is -1.72. The smallest absolute Gasteiger partial charge is 0.220 e. The molecular formula is C20H24N2OS2. The Morgan fingerprint density at radius 2 is 2.04 bits per heavy atom. The van der Waals surface area contributed by atoms with Crippen molar-refractivity contribution in [2.45, 2.75) is 45.6 Å². The second kappa shape index (κ2) is 8.59. The summed E-state index contributed by atoms with van der Waals surface area (Å²) in [5, 5.41) is 6.41. The highest BCUT2D eigenvalue weighted by molar-refractivity contribution is 7.18. The van der Waals surface area contributed by atoms with Crippen LogP contribution in [0.1, 0.15) is 49.0 Å². The van der Waals surface area contributed by atoms with Crippen LogP contribution in [0.5, 0.6) is 0 Å². The van der Waals surface area contributed by atoms with Crippen LogP contribution in [0.3, 0.4) is 0 Å². The predicted octanol–water partition coefficient (Wildman–Crippen LogP) is 5.58. The zero-order valence-corrected chi connectivity index (χ0v) is 16.3. The van der Waals surface area contributed by atoms with Crippen molar-refractivity contribution < 1.29 is 4.79 Å². The van der Waals surface area contributed by atoms with Gasteiger partial charge in [-0.2, -0.15) is 0 Å². The number of hydrogen-bond acceptors (Lipinski definition) is 4. The Morgan fingerprint density at radius 3 is 2.76 bits per heavy atom. The van der Waals surface area contributed by atoms with E-state index < -0.39 is 0 Å². The second-order valence-electron chi connectivity index (χ2n) is 6.69. The number of fused-ring (bicyclic) bond motifs is 1. The van der Waals surface area contributed by atoms with Gasteiger partial charge in [0.15, 0.2) is 0 Å². The van der Waals surface area contributed by atoms with Crippen molar-refractivity contribution in [2.75, 3.05) is 0 Å². The van der Waals surface area contributed by atoms with E-state index in [1.165, 1.54) is 9.58 Å². The normalized spacial score (nSPS) is 12.6. The highest BCUT2D eigenvalue weighted by Crippen LogP contribution is 2.26. The van der Waals surface area contributed by atoms with Gasteiger partial charge >= 0.3 is 0 Å². The number of carbonyl (C=O) groups excluding carboxylic acids is 1. The molecule has 2 heterocycles. The van der Waals surface area contributed by atoms with Crippen LogP contribution in [0, 0.1) is 5.92 Å². The topological polar surface area (TPSA) is 42.0 Å². The van der Waals surface area contributed by atoms with Crippen LogP contribution in [0.4, 0.5) is 0 Å². The van der Waals surface area contributed by atoms with Gasteiger partial charge in [-0.1, -0.05) is 32.0 Å². The van der Waals surface area contributed by atoms with Gasteiger partial charge in [-0.05, 0) is 48.8 Å². The lowest BCUT2D eigenvalue weighted by molar-refractivity contribution is -0.122. The summed E-state index contributed by atoms with van der Waals surface area (Å²) in [5.41, 5.74) is 1.06. The summed E-state index contributed by atoms with van der Waals surface area (Å²) >= 11 is 3.44. The number of rotatable bonds is 8. The number of thiophene rings is 1. The van der Waals surface area contributed by atoms with Crippen molar-refractivity contribution in [3.8, 4) is 0 Å². The van der Waals surface area contributed by atoms with Crippen LogP contribution >= 0.6 is 22.7 Å². The van der Waals surface area contributed by atoms with Crippen molar-refractivity contribution in [3.63, 3.8) is 0 Å². The van der Waals surface area contributed by atoms with Crippen LogP contribution in [-0.4, -0.2) is 10.9 Å². The third-order valence-electron chi connectivity index (χ3n) is 4.06. The number of para-hydroxylation sites is 1. The molecular weight excluding hydrogens is 348 g/mol. The second-order valence-corrected chi connectivity index (χ2v) is 8.79. The van der Waals surface area contributed by atoms with Gasteiger partial charge in [0.05, 0.1) is 21.3 Å². The van der Waals surface area contributed by atoms with Gasteiger partial charge in [-0.3, -0.25) is 4.79 Å². The molecule has 0 aliphatic rings. The number of carbonyl (C=O) groups is 1. The van der Waals surface area contributed by atoms with E-state index in [1.54, 1.807) is 22.7 Å². The molecule has 0 spiro atoms. The number of aromatic nitrogens is 1. The minimum Gasteiger partial charge on any atom is -0.348 e. The van der Waals surface area contributed by atoms with Crippen molar-refractivity contribution in [2.24, 2.45) is 5.92 Å². The Balaban J connectivity index is 1.51. The lowest BCUT2D eigenvalue weighted by atomic mass is 10.0. The quantitative estimate of drug-likeness (QED) is 0.560. The predicted molar refractivity (Wildman–Crippen MR) is 107 cm³/mol. The fourth-order valence-corrected chi connectivity index (χ4v) is 4.70. The van der Waals surface area contributed by atoms with Gasteiger partial charge in [-0.25, -0.2) is 4.98 Å². The molecule has 0 aliphatic carbocycles. The number of aryl methyl sites for hydroxylation is 1. The average Bonchev–Trinajstić information content (AvgIpc) is 3.23. The summed E-state index contributed by atoms with van der Waals surface area (Å²) in [5.74, 6) is 0.690. The number of nitrogens with zero attached hydrogens (tertiary/aromatic N) is 1. The van der Waals surface area contributed by atoms with Gasteiger partial charge < -0.3 is 5.32 Å². The molecule has 1 amide bonds. The number of nitrogens with one attached hydrogen (secondary N) is 1. The molecule has 3 aromatic rings. The summed E-state index contributed by atoms with van der Waals surface area (Å²) in [6.45, 7) is 4.39. The van der Waals surface area contributed by atoms with Crippen LogP contribution in [-0.2, 0) is 11.2 Å². The first-order valence-corrected chi connectivity index (χ1v) is 10.5. The fraction of sp³-hybridized carbons (Fsp3) is 0.400. The maximum Gasteiger partial charge on any atom is 0.220 e. The molecule has 3 rings (SSSR count). The molecule has 2 aromatic heterocycles. The number of benzene rings is 1. The molecule has 3 nitrogen and oxygen atoms in total. The monoisotopic (exact) mass is 372 g/mol. The zero-order valence-electron chi connectivity index (χ0n) is 14.7. The first-order chi connectivity index (χ1) is 12.1. The minimum absolute atomic E-state index is 0.134. The van der Waals surface area contributed by atoms with Crippen LogP contribution in [0.25, 0.3) is 10.2 Å². The lowest BCUT2D eigenvalue weighted by Gasteiger charge is -2.19. The summed E-state index contributed by atoms with van der Waals surface area (Å²) in [6, 6.07) is 12.5. The highest BCUT2D eigenvalue weighted by Gasteiger charge is 2.17. The Morgan fingerprint density at radius 1 is 1.20 bits per heavy atom. The molecule has 132 valence electrons. The lowest BCUT2D eigenvalue weighted by Crippen LogP contribution is -2.28. The molecule has 0 saturated carbocycles. The van der Waals surface area contributed by atoms with E-state index in [2.05, 4.69) is 41.7 Å². The first-order valence-electron chi connectivity index (χ1n) is 8.79. The van der Waals surface area contributed by atoms with E-state index in [0.717, 1.165) is 29.8 Å². The summed E-state index contributed by atoms with van der Waals surface area (Å²) in [7, 11) is 0. The zero-order chi connectivity index (χ0) is 17.6. The Kier molecular flexibility index (Phi) is 6.21. The molecule has 5 heteroatoms. The first kappa shape index (κ1) is 18.1. The molecule has 0 radical (unpaired) electrons. The van der Waals surface area contributed by atoms with Crippen molar-refractivity contribution >= 4 is 38.8 Å². The third kappa shape index (κ3) is 5.13. The largest absolute Gasteiger partial charge is 0.348 e. The number of amides is 1. The standard InChI is InChI=1S/C20H24N2OS2/c1-14(2)13-16(17-9-6-12-24-17)21-19(23)10-5-11-20-22-15-7-3-4-8-18(15)25-20/h3-4,6-9,12,14,16H,5,10-11,13H2,1-2H3,(H,21,23). The summed E-state index contributed by atoms with van der Waals surface area (Å²) in [6.07, 6.45) is 3.23. The van der Waals surface area contributed by atoms with Crippen molar-refractivity contribution in [1.29, 1.82) is 0 Å². The van der Waals surface area contributed by atoms with E-state index in [1.807, 2.05) is 24.3 Å². The summed E-state index contributed by atoms with van der Waals surface area (Å²) in [4.78, 5) is 18.3. The van der Waals surface area contributed by atoms with Gasteiger partial charge in [0, 0.05) is 11.3 Å². The fourth-order valence-electron chi connectivity index (χ4n) is 2.90. The van der Waals surface area contributed by atoms with Gasteiger partial charge in [0.2, 0.25) is 5.91 Å². The molecule has 25 heavy (non-hydrogen) atoms. The molecule has 1 atom stereocenters. The average molecular weight is 373 g/mol. The van der Waals surface area contributed by atoms with Gasteiger partial charge in [-0.15, -0.1) is 22.7 Å². The Bertz CT molecular complexity index is 775. The van der Waals surface area contributed by atoms with Gasteiger partial charge in [0.25, 0.3) is 0 Å². The van der Waals surface area contributed by atoms with E-state index in [4.69, 9.17) is 0 Å². The number of thiazole rings is 1. The SMILES string of the molecule is CC(C)CC(NC(=O)CCCc1nc2ccccc2s1)c1cccs1. The summed E-state index contributed by atoms with van der Waals surface area (Å²) < 4.78 is 1.22. The van der Waals surface area contributed by atoms with Crippen molar-refractivity contribution in [3.05, 3.63) is 51.7 Å². The van der Waals surface area contributed by atoms with Crippen LogP contribution in [0.2, 0.25) is 0 Å². The third-order valence-corrected chi connectivity index (χ3v) is 6.14. The van der Waals surface area contributed by atoms with Crippen molar-refractivity contribution in [1.82, 2.24) is 10.3 Å². The molecule has 0 saturated heterocycles. The van der Waals surface area contributed by atoms with E-state index in [0.29, 0.717) is 12.3 Å². The van der Waals surface area contributed by atoms with Crippen LogP contribution in [0.15, 0.2) is 41.8 Å². The van der Waals surface area contributed by atoms with Gasteiger partial charge in [0.1, 0.15) is 0 Å². The molecule has 0 fully saturated rings. The van der Waals surface area contributed by atoms with E-state index >= 15 is 0 Å². The minimum atomic E-state index is 0.134. The highest BCUT2D eigenvalue weighted by atomic mass is 32.1.